The van der Waals surface area contributed by atoms with Crippen LogP contribution in [0.1, 0.15) is 5.56 Å². The van der Waals surface area contributed by atoms with Crippen LogP contribution in [0, 0.1) is 6.92 Å². The van der Waals surface area contributed by atoms with Crippen molar-refractivity contribution in [2.24, 2.45) is 0 Å². The summed E-state index contributed by atoms with van der Waals surface area (Å²) in [5, 5.41) is 4.10. The van der Waals surface area contributed by atoms with Gasteiger partial charge in [-0.25, -0.2) is 4.98 Å². The zero-order valence-electron chi connectivity index (χ0n) is 14.0. The molecule has 4 aromatic rings. The molecule has 2 heterocycles. The molecule has 2 N–H and O–H groups in total. The van der Waals surface area contributed by atoms with Crippen molar-refractivity contribution in [1.29, 1.82) is 0 Å². The summed E-state index contributed by atoms with van der Waals surface area (Å²) in [6.07, 6.45) is 1.63. The number of fused-ring (bicyclic) bond motifs is 1. The lowest BCUT2D eigenvalue weighted by atomic mass is 10.0. The van der Waals surface area contributed by atoms with E-state index in [2.05, 4.69) is 20.3 Å². The Morgan fingerprint density at radius 1 is 1.04 bits per heavy atom. The summed E-state index contributed by atoms with van der Waals surface area (Å²) < 4.78 is 0. The first kappa shape index (κ1) is 16.3. The van der Waals surface area contributed by atoms with Crippen LogP contribution in [0.15, 0.2) is 65.6 Å². The van der Waals surface area contributed by atoms with E-state index in [9.17, 15) is 4.79 Å². The first-order chi connectivity index (χ1) is 12.6. The smallest absolute Gasteiger partial charge is 0.262 e. The average molecular weight is 363 g/mol. The van der Waals surface area contributed by atoms with Crippen LogP contribution >= 0.6 is 11.6 Å². The number of nitrogens with one attached hydrogen (secondary N) is 2. The van der Waals surface area contributed by atoms with Crippen LogP contribution in [-0.4, -0.2) is 15.0 Å². The van der Waals surface area contributed by atoms with Gasteiger partial charge in [-0.05, 0) is 36.8 Å². The third kappa shape index (κ3) is 3.05. The highest BCUT2D eigenvalue weighted by atomic mass is 35.5. The lowest BCUT2D eigenvalue weighted by Gasteiger charge is -2.10. The maximum Gasteiger partial charge on any atom is 0.262 e. The summed E-state index contributed by atoms with van der Waals surface area (Å²) in [4.78, 5) is 24.2. The normalized spacial score (nSPS) is 10.8. The second-order valence-electron chi connectivity index (χ2n) is 5.95. The van der Waals surface area contributed by atoms with Crippen molar-refractivity contribution in [3.05, 3.63) is 81.7 Å². The molecule has 128 valence electrons. The average Bonchev–Trinajstić information content (AvgIpc) is 2.61. The second kappa shape index (κ2) is 6.61. The fourth-order valence-electron chi connectivity index (χ4n) is 2.89. The SMILES string of the molecule is Cc1cccc(Nc2nc3nccc(-c4ccccc4Cl)c3c(=O)[nH]2)c1. The first-order valence-corrected chi connectivity index (χ1v) is 8.47. The fourth-order valence-corrected chi connectivity index (χ4v) is 3.12. The largest absolute Gasteiger partial charge is 0.326 e. The van der Waals surface area contributed by atoms with Crippen molar-refractivity contribution in [2.75, 3.05) is 5.32 Å². The quantitative estimate of drug-likeness (QED) is 0.554. The Hall–Kier alpha value is -3.18. The van der Waals surface area contributed by atoms with Gasteiger partial charge in [0, 0.05) is 28.0 Å². The number of pyridine rings is 1. The van der Waals surface area contributed by atoms with E-state index in [-0.39, 0.29) is 5.56 Å². The van der Waals surface area contributed by atoms with Crippen LogP contribution < -0.4 is 10.9 Å². The van der Waals surface area contributed by atoms with E-state index < -0.39 is 0 Å². The summed E-state index contributed by atoms with van der Waals surface area (Å²) in [6, 6.07) is 17.0. The van der Waals surface area contributed by atoms with Gasteiger partial charge in [0.25, 0.3) is 5.56 Å². The molecule has 5 nitrogen and oxygen atoms in total. The number of aromatic nitrogens is 3. The van der Waals surface area contributed by atoms with Gasteiger partial charge in [0.2, 0.25) is 5.95 Å². The highest BCUT2D eigenvalue weighted by molar-refractivity contribution is 6.33. The summed E-state index contributed by atoms with van der Waals surface area (Å²) >= 11 is 6.30. The molecule has 0 aliphatic heterocycles. The van der Waals surface area contributed by atoms with E-state index in [0.29, 0.717) is 27.6 Å². The number of aromatic amines is 1. The van der Waals surface area contributed by atoms with Crippen LogP contribution in [0.4, 0.5) is 11.6 Å². The Balaban J connectivity index is 1.85. The third-order valence-corrected chi connectivity index (χ3v) is 4.38. The molecule has 0 atom stereocenters. The van der Waals surface area contributed by atoms with E-state index in [0.717, 1.165) is 16.8 Å². The van der Waals surface area contributed by atoms with Crippen molar-refractivity contribution in [2.45, 2.75) is 6.92 Å². The van der Waals surface area contributed by atoms with Crippen molar-refractivity contribution in [1.82, 2.24) is 15.0 Å². The molecule has 2 aromatic carbocycles. The Morgan fingerprint density at radius 3 is 2.69 bits per heavy atom. The monoisotopic (exact) mass is 362 g/mol. The van der Waals surface area contributed by atoms with Crippen molar-refractivity contribution in [3.8, 4) is 11.1 Å². The van der Waals surface area contributed by atoms with Crippen LogP contribution in [0.25, 0.3) is 22.2 Å². The number of rotatable bonds is 3. The van der Waals surface area contributed by atoms with E-state index in [1.54, 1.807) is 18.3 Å². The molecule has 0 unspecified atom stereocenters. The van der Waals surface area contributed by atoms with E-state index in [1.807, 2.05) is 49.4 Å². The number of aryl methyl sites for hydroxylation is 1. The van der Waals surface area contributed by atoms with Gasteiger partial charge in [-0.15, -0.1) is 0 Å². The number of benzene rings is 2. The number of halogens is 1. The fraction of sp³-hybridized carbons (Fsp3) is 0.0500. The molecule has 2 aromatic heterocycles. The van der Waals surface area contributed by atoms with Crippen LogP contribution in [-0.2, 0) is 0 Å². The third-order valence-electron chi connectivity index (χ3n) is 4.05. The van der Waals surface area contributed by atoms with Gasteiger partial charge in [0.15, 0.2) is 5.65 Å². The Morgan fingerprint density at radius 2 is 1.88 bits per heavy atom. The topological polar surface area (TPSA) is 70.7 Å². The molecular weight excluding hydrogens is 348 g/mol. The van der Waals surface area contributed by atoms with E-state index in [4.69, 9.17) is 11.6 Å². The zero-order valence-corrected chi connectivity index (χ0v) is 14.7. The highest BCUT2D eigenvalue weighted by Crippen LogP contribution is 2.30. The standard InChI is InChI=1S/C20H15ClN4O/c1-12-5-4-6-13(11-12)23-20-24-18-17(19(26)25-20)15(9-10-22-18)14-7-2-3-8-16(14)21/h2-11H,1H3,(H2,22,23,24,25,26). The Bertz CT molecular complexity index is 1170. The van der Waals surface area contributed by atoms with Gasteiger partial charge in [-0.3, -0.25) is 9.78 Å². The summed E-state index contributed by atoms with van der Waals surface area (Å²) in [6.45, 7) is 2.00. The number of anilines is 2. The van der Waals surface area contributed by atoms with Gasteiger partial charge in [0.1, 0.15) is 0 Å². The molecule has 0 saturated heterocycles. The number of hydrogen-bond donors (Lipinski definition) is 2. The van der Waals surface area contributed by atoms with Crippen molar-refractivity contribution in [3.63, 3.8) is 0 Å². The predicted molar refractivity (Wildman–Crippen MR) is 105 cm³/mol. The molecule has 0 aliphatic rings. The molecule has 0 saturated carbocycles. The number of nitrogens with zero attached hydrogens (tertiary/aromatic N) is 2. The van der Waals surface area contributed by atoms with Gasteiger partial charge in [-0.1, -0.05) is 41.9 Å². The zero-order chi connectivity index (χ0) is 18.1. The van der Waals surface area contributed by atoms with Crippen LogP contribution in [0.3, 0.4) is 0 Å². The van der Waals surface area contributed by atoms with Gasteiger partial charge < -0.3 is 5.32 Å². The highest BCUT2D eigenvalue weighted by Gasteiger charge is 2.13. The molecule has 0 bridgehead atoms. The lowest BCUT2D eigenvalue weighted by Crippen LogP contribution is -2.13. The number of hydrogen-bond acceptors (Lipinski definition) is 4. The van der Waals surface area contributed by atoms with Crippen molar-refractivity contribution >= 4 is 34.3 Å². The minimum absolute atomic E-state index is 0.270. The van der Waals surface area contributed by atoms with Crippen molar-refractivity contribution < 1.29 is 0 Å². The minimum Gasteiger partial charge on any atom is -0.326 e. The van der Waals surface area contributed by atoms with Crippen LogP contribution in [0.2, 0.25) is 5.02 Å². The van der Waals surface area contributed by atoms with Gasteiger partial charge in [-0.2, -0.15) is 4.98 Å². The number of H-pyrrole nitrogens is 1. The van der Waals surface area contributed by atoms with Gasteiger partial charge in [0.05, 0.1) is 5.39 Å². The lowest BCUT2D eigenvalue weighted by molar-refractivity contribution is 1.14. The molecule has 0 amide bonds. The summed E-state index contributed by atoms with van der Waals surface area (Å²) in [5.74, 6) is 0.344. The molecule has 0 spiro atoms. The van der Waals surface area contributed by atoms with Gasteiger partial charge >= 0.3 is 0 Å². The Kier molecular flexibility index (Phi) is 4.14. The maximum atomic E-state index is 12.7. The second-order valence-corrected chi connectivity index (χ2v) is 6.35. The van der Waals surface area contributed by atoms with E-state index in [1.165, 1.54) is 0 Å². The first-order valence-electron chi connectivity index (χ1n) is 8.09. The molecule has 0 aliphatic carbocycles. The van der Waals surface area contributed by atoms with E-state index >= 15 is 0 Å². The summed E-state index contributed by atoms with van der Waals surface area (Å²) in [7, 11) is 0. The maximum absolute atomic E-state index is 12.7. The predicted octanol–water partition coefficient (Wildman–Crippen LogP) is 4.69. The summed E-state index contributed by atoms with van der Waals surface area (Å²) in [5.41, 5.74) is 3.52. The molecule has 0 radical (unpaired) electrons. The molecule has 26 heavy (non-hydrogen) atoms. The minimum atomic E-state index is -0.270. The Labute approximate surface area is 154 Å². The molecule has 4 rings (SSSR count). The molecular formula is C20H15ClN4O. The van der Waals surface area contributed by atoms with Crippen LogP contribution in [0.5, 0.6) is 0 Å². The molecule has 0 fully saturated rings. The molecule has 6 heteroatoms.